The molecule has 1 saturated heterocycles. The second-order valence-electron chi connectivity index (χ2n) is 6.10. The summed E-state index contributed by atoms with van der Waals surface area (Å²) in [4.78, 5) is 14.5. The van der Waals surface area contributed by atoms with Gasteiger partial charge in [-0.05, 0) is 44.1 Å². The molecule has 0 radical (unpaired) electrons. The molecule has 1 aliphatic carbocycles. The molecule has 0 spiro atoms. The average molecular weight is 262 g/mol. The molecule has 0 bridgehead atoms. The first-order chi connectivity index (χ1) is 9.04. The van der Waals surface area contributed by atoms with Crippen LogP contribution in [0.4, 0.5) is 0 Å². The molecule has 19 heavy (non-hydrogen) atoms. The third kappa shape index (κ3) is 2.27. The third-order valence-electron chi connectivity index (χ3n) is 4.60. The predicted molar refractivity (Wildman–Crippen MR) is 72.7 cm³/mol. The van der Waals surface area contributed by atoms with E-state index in [2.05, 4.69) is 5.10 Å². The number of carbonyl (C=O) groups is 1. The van der Waals surface area contributed by atoms with Crippen LogP contribution in [-0.2, 0) is 7.05 Å². The van der Waals surface area contributed by atoms with Gasteiger partial charge in [0.2, 0.25) is 0 Å². The number of nitrogens with zero attached hydrogens (tertiary/aromatic N) is 3. The molecular weight excluding hydrogens is 240 g/mol. The van der Waals surface area contributed by atoms with Crippen molar-refractivity contribution in [2.45, 2.75) is 32.2 Å². The standard InChI is InChI=1S/C14H22N4O/c1-9-5-13(17(2)16-9)14(19)18-7-10-3-4-12(15)6-11(10)8-18/h5,10-12H,3-4,6-8,15H2,1-2H3/t10-,11+,12?/m1/s1. The van der Waals surface area contributed by atoms with Crippen molar-refractivity contribution in [3.05, 3.63) is 17.5 Å². The zero-order valence-electron chi connectivity index (χ0n) is 11.7. The summed E-state index contributed by atoms with van der Waals surface area (Å²) in [5.74, 6) is 1.37. The molecular formula is C14H22N4O. The van der Waals surface area contributed by atoms with E-state index < -0.39 is 0 Å². The van der Waals surface area contributed by atoms with E-state index in [1.54, 1.807) is 4.68 Å². The lowest BCUT2D eigenvalue weighted by molar-refractivity contribution is 0.0773. The van der Waals surface area contributed by atoms with Crippen LogP contribution in [0.1, 0.15) is 35.4 Å². The summed E-state index contributed by atoms with van der Waals surface area (Å²) < 4.78 is 1.69. The average Bonchev–Trinajstić information content (AvgIpc) is 2.91. The summed E-state index contributed by atoms with van der Waals surface area (Å²) in [6, 6.07) is 2.20. The van der Waals surface area contributed by atoms with E-state index in [0.717, 1.165) is 31.6 Å². The maximum atomic E-state index is 12.5. The molecule has 2 aliphatic rings. The highest BCUT2D eigenvalue weighted by Gasteiger charge is 2.39. The van der Waals surface area contributed by atoms with Gasteiger partial charge in [0.1, 0.15) is 5.69 Å². The van der Waals surface area contributed by atoms with Crippen LogP contribution in [-0.4, -0.2) is 39.7 Å². The lowest BCUT2D eigenvalue weighted by Gasteiger charge is -2.27. The molecule has 2 fully saturated rings. The molecule has 1 unspecified atom stereocenters. The molecule has 1 amide bonds. The summed E-state index contributed by atoms with van der Waals surface area (Å²) in [7, 11) is 1.83. The van der Waals surface area contributed by atoms with Crippen molar-refractivity contribution >= 4 is 5.91 Å². The minimum atomic E-state index is 0.117. The fourth-order valence-electron chi connectivity index (χ4n) is 3.61. The number of rotatable bonds is 1. The quantitative estimate of drug-likeness (QED) is 0.819. The van der Waals surface area contributed by atoms with Crippen LogP contribution in [0.25, 0.3) is 0 Å². The molecule has 1 aliphatic heterocycles. The Morgan fingerprint density at radius 3 is 2.79 bits per heavy atom. The number of hydrogen-bond acceptors (Lipinski definition) is 3. The Bertz CT molecular complexity index is 496. The topological polar surface area (TPSA) is 64.2 Å². The van der Waals surface area contributed by atoms with Crippen LogP contribution in [0, 0.1) is 18.8 Å². The lowest BCUT2D eigenvalue weighted by Crippen LogP contribution is -2.32. The second-order valence-corrected chi connectivity index (χ2v) is 6.10. The van der Waals surface area contributed by atoms with E-state index in [1.807, 2.05) is 24.9 Å². The van der Waals surface area contributed by atoms with Gasteiger partial charge in [-0.2, -0.15) is 5.10 Å². The monoisotopic (exact) mass is 262 g/mol. The Morgan fingerprint density at radius 2 is 2.11 bits per heavy atom. The fraction of sp³-hybridized carbons (Fsp3) is 0.714. The van der Waals surface area contributed by atoms with Gasteiger partial charge in [0.05, 0.1) is 5.69 Å². The highest BCUT2D eigenvalue weighted by Crippen LogP contribution is 2.36. The molecule has 3 atom stereocenters. The smallest absolute Gasteiger partial charge is 0.272 e. The van der Waals surface area contributed by atoms with Gasteiger partial charge in [-0.15, -0.1) is 0 Å². The molecule has 0 aromatic carbocycles. The van der Waals surface area contributed by atoms with E-state index in [0.29, 0.717) is 23.6 Å². The van der Waals surface area contributed by atoms with E-state index in [4.69, 9.17) is 5.73 Å². The van der Waals surface area contributed by atoms with Gasteiger partial charge in [-0.3, -0.25) is 9.48 Å². The Morgan fingerprint density at radius 1 is 1.37 bits per heavy atom. The molecule has 5 nitrogen and oxygen atoms in total. The van der Waals surface area contributed by atoms with Crippen molar-refractivity contribution in [3.8, 4) is 0 Å². The summed E-state index contributed by atoms with van der Waals surface area (Å²) >= 11 is 0. The summed E-state index contributed by atoms with van der Waals surface area (Å²) in [6.07, 6.45) is 3.34. The Kier molecular flexibility index (Phi) is 3.09. The number of hydrogen-bond donors (Lipinski definition) is 1. The fourth-order valence-corrected chi connectivity index (χ4v) is 3.61. The van der Waals surface area contributed by atoms with Gasteiger partial charge in [-0.25, -0.2) is 0 Å². The molecule has 3 rings (SSSR count). The molecule has 1 saturated carbocycles. The molecule has 1 aromatic rings. The Balaban J connectivity index is 1.74. The first-order valence-electron chi connectivity index (χ1n) is 7.10. The number of aryl methyl sites for hydroxylation is 2. The SMILES string of the molecule is Cc1cc(C(=O)N2C[C@H]3CCC(N)C[C@H]3C2)n(C)n1. The lowest BCUT2D eigenvalue weighted by atomic mass is 9.79. The third-order valence-corrected chi connectivity index (χ3v) is 4.60. The highest BCUT2D eigenvalue weighted by molar-refractivity contribution is 5.92. The molecule has 2 N–H and O–H groups in total. The second kappa shape index (κ2) is 4.63. The molecule has 5 heteroatoms. The van der Waals surface area contributed by atoms with Crippen molar-refractivity contribution in [2.75, 3.05) is 13.1 Å². The van der Waals surface area contributed by atoms with Gasteiger partial charge >= 0.3 is 0 Å². The van der Waals surface area contributed by atoms with Gasteiger partial charge in [0.15, 0.2) is 0 Å². The molecule has 2 heterocycles. The number of nitrogens with two attached hydrogens (primary N) is 1. The van der Waals surface area contributed by atoms with Crippen LogP contribution in [0.5, 0.6) is 0 Å². The van der Waals surface area contributed by atoms with Crippen LogP contribution in [0.2, 0.25) is 0 Å². The van der Waals surface area contributed by atoms with E-state index in [-0.39, 0.29) is 5.91 Å². The number of likely N-dealkylation sites (tertiary alicyclic amines) is 1. The zero-order chi connectivity index (χ0) is 13.6. The van der Waals surface area contributed by atoms with Crippen LogP contribution < -0.4 is 5.73 Å². The van der Waals surface area contributed by atoms with Gasteiger partial charge < -0.3 is 10.6 Å². The van der Waals surface area contributed by atoms with Crippen molar-refractivity contribution < 1.29 is 4.79 Å². The highest BCUT2D eigenvalue weighted by atomic mass is 16.2. The van der Waals surface area contributed by atoms with Crippen molar-refractivity contribution in [3.63, 3.8) is 0 Å². The van der Waals surface area contributed by atoms with E-state index in [1.165, 1.54) is 6.42 Å². The number of fused-ring (bicyclic) bond motifs is 1. The largest absolute Gasteiger partial charge is 0.337 e. The minimum Gasteiger partial charge on any atom is -0.337 e. The predicted octanol–water partition coefficient (Wildman–Crippen LogP) is 0.928. The number of carbonyl (C=O) groups excluding carboxylic acids is 1. The van der Waals surface area contributed by atoms with Crippen molar-refractivity contribution in [1.82, 2.24) is 14.7 Å². The maximum Gasteiger partial charge on any atom is 0.272 e. The summed E-state index contributed by atoms with van der Waals surface area (Å²) in [5, 5.41) is 4.26. The van der Waals surface area contributed by atoms with E-state index in [9.17, 15) is 4.79 Å². The van der Waals surface area contributed by atoms with Crippen LogP contribution in [0.15, 0.2) is 6.07 Å². The normalized spacial score (nSPS) is 30.5. The van der Waals surface area contributed by atoms with Crippen molar-refractivity contribution in [1.29, 1.82) is 0 Å². The number of aromatic nitrogens is 2. The molecule has 104 valence electrons. The Labute approximate surface area is 113 Å². The van der Waals surface area contributed by atoms with E-state index >= 15 is 0 Å². The van der Waals surface area contributed by atoms with Crippen LogP contribution in [0.3, 0.4) is 0 Å². The van der Waals surface area contributed by atoms with Crippen LogP contribution >= 0.6 is 0 Å². The first kappa shape index (κ1) is 12.7. The minimum absolute atomic E-state index is 0.117. The molecule has 1 aromatic heterocycles. The summed E-state index contributed by atoms with van der Waals surface area (Å²) in [6.45, 7) is 3.67. The Hall–Kier alpha value is -1.36. The van der Waals surface area contributed by atoms with Gasteiger partial charge in [0, 0.05) is 26.2 Å². The van der Waals surface area contributed by atoms with Gasteiger partial charge in [0.25, 0.3) is 5.91 Å². The van der Waals surface area contributed by atoms with Crippen molar-refractivity contribution in [2.24, 2.45) is 24.6 Å². The van der Waals surface area contributed by atoms with Gasteiger partial charge in [-0.1, -0.05) is 0 Å². The maximum absolute atomic E-state index is 12.5. The number of amides is 1. The summed E-state index contributed by atoms with van der Waals surface area (Å²) in [5.41, 5.74) is 7.62. The first-order valence-corrected chi connectivity index (χ1v) is 7.10. The zero-order valence-corrected chi connectivity index (χ0v) is 11.7.